The summed E-state index contributed by atoms with van der Waals surface area (Å²) in [6.07, 6.45) is 4.79. The van der Waals surface area contributed by atoms with Gasteiger partial charge in [-0.3, -0.25) is 20.4 Å². The van der Waals surface area contributed by atoms with Crippen LogP contribution in [-0.2, 0) is 22.9 Å². The van der Waals surface area contributed by atoms with Gasteiger partial charge in [0.25, 0.3) is 11.8 Å². The lowest BCUT2D eigenvalue weighted by molar-refractivity contribution is 0.0847. The van der Waals surface area contributed by atoms with E-state index in [1.807, 2.05) is 12.1 Å². The Morgan fingerprint density at radius 1 is 1.00 bits per heavy atom. The summed E-state index contributed by atoms with van der Waals surface area (Å²) in [5.41, 5.74) is 8.87. The monoisotopic (exact) mass is 480 g/mol. The van der Waals surface area contributed by atoms with Gasteiger partial charge in [-0.15, -0.1) is 0 Å². The molecule has 0 radical (unpaired) electrons. The highest BCUT2D eigenvalue weighted by Crippen LogP contribution is 2.33. The zero-order chi connectivity index (χ0) is 23.9. The van der Waals surface area contributed by atoms with Gasteiger partial charge in [0, 0.05) is 29.7 Å². The lowest BCUT2D eigenvalue weighted by Gasteiger charge is -2.17. The smallest absolute Gasteiger partial charge is 0.271 e. The van der Waals surface area contributed by atoms with E-state index < -0.39 is 21.8 Å². The van der Waals surface area contributed by atoms with Crippen molar-refractivity contribution in [3.05, 3.63) is 64.8 Å². The molecule has 0 saturated carbocycles. The fourth-order valence-electron chi connectivity index (χ4n) is 4.91. The van der Waals surface area contributed by atoms with Crippen LogP contribution in [0.15, 0.2) is 47.4 Å². The summed E-state index contributed by atoms with van der Waals surface area (Å²) in [6.45, 7) is 3.28. The summed E-state index contributed by atoms with van der Waals surface area (Å²) in [5.74, 6) is -0.330. The van der Waals surface area contributed by atoms with Crippen molar-refractivity contribution >= 4 is 32.7 Å². The van der Waals surface area contributed by atoms with Crippen LogP contribution in [0.4, 0.5) is 0 Å². The zero-order valence-corrected chi connectivity index (χ0v) is 19.9. The number of H-pyrrole nitrogens is 1. The molecule has 0 spiro atoms. The van der Waals surface area contributed by atoms with Crippen molar-refractivity contribution in [3.63, 3.8) is 0 Å². The normalized spacial score (nSPS) is 18.6. The number of carbonyl (C=O) groups excluding carboxylic acids is 2. The van der Waals surface area contributed by atoms with Crippen LogP contribution < -0.4 is 10.9 Å². The van der Waals surface area contributed by atoms with E-state index in [1.54, 1.807) is 6.07 Å². The lowest BCUT2D eigenvalue weighted by Crippen LogP contribution is -2.41. The molecule has 1 fully saturated rings. The predicted molar refractivity (Wildman–Crippen MR) is 129 cm³/mol. The van der Waals surface area contributed by atoms with Crippen molar-refractivity contribution in [1.82, 2.24) is 20.1 Å². The molecule has 3 aromatic rings. The molecule has 9 heteroatoms. The number of aromatic nitrogens is 1. The summed E-state index contributed by atoms with van der Waals surface area (Å²) < 4.78 is 26.8. The van der Waals surface area contributed by atoms with E-state index in [1.165, 1.54) is 39.8 Å². The number of aromatic amines is 1. The van der Waals surface area contributed by atoms with E-state index in [0.717, 1.165) is 43.0 Å². The van der Waals surface area contributed by atoms with Gasteiger partial charge >= 0.3 is 0 Å². The number of para-hydroxylation sites is 1. The maximum absolute atomic E-state index is 12.9. The minimum atomic E-state index is -3.54. The quantitative estimate of drug-likeness (QED) is 0.498. The molecular formula is C25H28N4O4S. The molecule has 0 bridgehead atoms. The van der Waals surface area contributed by atoms with Crippen LogP contribution in [0.1, 0.15) is 58.2 Å². The van der Waals surface area contributed by atoms with Crippen molar-refractivity contribution in [2.45, 2.75) is 43.9 Å². The molecule has 1 aromatic heterocycles. The second-order valence-corrected chi connectivity index (χ2v) is 11.1. The highest BCUT2D eigenvalue weighted by molar-refractivity contribution is 7.89. The largest absolute Gasteiger partial charge is 0.358 e. The molecule has 5 rings (SSSR count). The van der Waals surface area contributed by atoms with Crippen molar-refractivity contribution in [1.29, 1.82) is 0 Å². The number of amides is 2. The summed E-state index contributed by atoms with van der Waals surface area (Å²) in [7, 11) is -3.54. The standard InChI is InChI=1S/C25H28N4O4S/c1-16-7-12-22-21(15-16)19-5-4-6-20(23(19)26-22)25(31)28-27-24(30)17-8-10-18(11-9-17)34(32,33)29-13-2-3-14-29/h4-6,8-11,16,26H,2-3,7,12-15H2,1H3,(H,27,30)(H,28,31). The second kappa shape index (κ2) is 8.88. The number of nitrogens with one attached hydrogen (secondary N) is 3. The molecule has 3 N–H and O–H groups in total. The van der Waals surface area contributed by atoms with Gasteiger partial charge in [0.15, 0.2) is 0 Å². The highest BCUT2D eigenvalue weighted by atomic mass is 32.2. The second-order valence-electron chi connectivity index (χ2n) is 9.20. The van der Waals surface area contributed by atoms with Crippen LogP contribution in [0.25, 0.3) is 10.9 Å². The van der Waals surface area contributed by atoms with E-state index >= 15 is 0 Å². The molecule has 2 heterocycles. The van der Waals surface area contributed by atoms with Crippen LogP contribution >= 0.6 is 0 Å². The van der Waals surface area contributed by atoms with Crippen LogP contribution in [-0.4, -0.2) is 42.6 Å². The van der Waals surface area contributed by atoms with Gasteiger partial charge in [-0.25, -0.2) is 8.42 Å². The molecule has 178 valence electrons. The van der Waals surface area contributed by atoms with Crippen LogP contribution in [0.3, 0.4) is 0 Å². The third kappa shape index (κ3) is 4.10. The number of sulfonamides is 1. The maximum atomic E-state index is 12.9. The Labute approximate surface area is 198 Å². The van der Waals surface area contributed by atoms with Gasteiger partial charge in [0.2, 0.25) is 10.0 Å². The van der Waals surface area contributed by atoms with Gasteiger partial charge in [0.1, 0.15) is 0 Å². The number of nitrogens with zero attached hydrogens (tertiary/aromatic N) is 1. The molecule has 1 aliphatic carbocycles. The molecule has 1 aliphatic heterocycles. The topological polar surface area (TPSA) is 111 Å². The number of hydrogen-bond acceptors (Lipinski definition) is 4. The number of hydrogen-bond donors (Lipinski definition) is 3. The third-order valence-corrected chi connectivity index (χ3v) is 8.74. The molecule has 1 saturated heterocycles. The van der Waals surface area contributed by atoms with E-state index in [2.05, 4.69) is 22.8 Å². The molecule has 1 unspecified atom stereocenters. The van der Waals surface area contributed by atoms with Crippen molar-refractivity contribution in [2.24, 2.45) is 5.92 Å². The average molecular weight is 481 g/mol. The number of benzene rings is 2. The van der Waals surface area contributed by atoms with Gasteiger partial charge in [-0.1, -0.05) is 19.1 Å². The number of carbonyl (C=O) groups is 2. The predicted octanol–water partition coefficient (Wildman–Crippen LogP) is 3.15. The Bertz CT molecular complexity index is 1360. The zero-order valence-electron chi connectivity index (χ0n) is 19.1. The van der Waals surface area contributed by atoms with Crippen molar-refractivity contribution < 1.29 is 18.0 Å². The van der Waals surface area contributed by atoms with Crippen LogP contribution in [0.5, 0.6) is 0 Å². The SMILES string of the molecule is CC1CCc2[nH]c3c(C(=O)NNC(=O)c4ccc(S(=O)(=O)N5CCCC5)cc4)cccc3c2C1. The van der Waals surface area contributed by atoms with Gasteiger partial charge in [-0.2, -0.15) is 4.31 Å². The number of hydrazine groups is 1. The summed E-state index contributed by atoms with van der Waals surface area (Å²) in [5, 5.41) is 1.05. The summed E-state index contributed by atoms with van der Waals surface area (Å²) >= 11 is 0. The maximum Gasteiger partial charge on any atom is 0.271 e. The Morgan fingerprint density at radius 3 is 2.44 bits per heavy atom. The molecule has 2 amide bonds. The number of rotatable bonds is 4. The molecule has 8 nitrogen and oxygen atoms in total. The van der Waals surface area contributed by atoms with Gasteiger partial charge < -0.3 is 4.98 Å². The van der Waals surface area contributed by atoms with Crippen LogP contribution in [0.2, 0.25) is 0 Å². The Balaban J connectivity index is 1.28. The van der Waals surface area contributed by atoms with E-state index in [0.29, 0.717) is 24.6 Å². The third-order valence-electron chi connectivity index (χ3n) is 6.82. The minimum Gasteiger partial charge on any atom is -0.358 e. The molecular weight excluding hydrogens is 452 g/mol. The van der Waals surface area contributed by atoms with Crippen LogP contribution in [0, 0.1) is 5.92 Å². The van der Waals surface area contributed by atoms with E-state index in [9.17, 15) is 18.0 Å². The number of aryl methyl sites for hydroxylation is 1. The molecule has 34 heavy (non-hydrogen) atoms. The Hall–Kier alpha value is -3.17. The Kier molecular flexibility index (Phi) is 5.91. The van der Waals surface area contributed by atoms with E-state index in [4.69, 9.17) is 0 Å². The first-order valence-corrected chi connectivity index (χ1v) is 13.1. The lowest BCUT2D eigenvalue weighted by atomic mass is 9.87. The molecule has 2 aromatic carbocycles. The summed E-state index contributed by atoms with van der Waals surface area (Å²) in [6, 6.07) is 11.4. The molecule has 2 aliphatic rings. The average Bonchev–Trinajstić information content (AvgIpc) is 3.51. The summed E-state index contributed by atoms with van der Waals surface area (Å²) in [4.78, 5) is 29.0. The minimum absolute atomic E-state index is 0.159. The Morgan fingerprint density at radius 2 is 1.71 bits per heavy atom. The van der Waals surface area contributed by atoms with Gasteiger partial charge in [-0.05, 0) is 73.9 Å². The van der Waals surface area contributed by atoms with Crippen molar-refractivity contribution in [2.75, 3.05) is 13.1 Å². The van der Waals surface area contributed by atoms with Gasteiger partial charge in [0.05, 0.1) is 16.0 Å². The molecule has 1 atom stereocenters. The highest BCUT2D eigenvalue weighted by Gasteiger charge is 2.27. The first-order valence-electron chi connectivity index (χ1n) is 11.7. The fourth-order valence-corrected chi connectivity index (χ4v) is 6.43. The van der Waals surface area contributed by atoms with Crippen molar-refractivity contribution in [3.8, 4) is 0 Å². The first-order chi connectivity index (χ1) is 16.3. The number of fused-ring (bicyclic) bond motifs is 3. The van der Waals surface area contributed by atoms with E-state index in [-0.39, 0.29) is 10.5 Å². The fraction of sp³-hybridized carbons (Fsp3) is 0.360. The first kappa shape index (κ1) is 22.6.